The first-order valence-corrected chi connectivity index (χ1v) is 7.55. The molecule has 1 saturated heterocycles. The third-order valence-electron chi connectivity index (χ3n) is 4.33. The first-order chi connectivity index (χ1) is 10.8. The van der Waals surface area contributed by atoms with E-state index < -0.39 is 0 Å². The van der Waals surface area contributed by atoms with Crippen LogP contribution in [-0.2, 0) is 6.67 Å². The standard InChI is InChI=1S/C17H17N3O2/c21-17-20(15-6-1-2-8-16(15)22-17)12-19-10-4-7-14(19)13-5-3-9-18-11-13/h1-3,5-6,8-9,11,14H,4,7,10,12H2/t14-/m0/s1. The Kier molecular flexibility index (Phi) is 3.27. The molecule has 3 aromatic rings. The molecular formula is C17H17N3O2. The summed E-state index contributed by atoms with van der Waals surface area (Å²) in [5.74, 6) is -0.293. The van der Waals surface area contributed by atoms with Crippen LogP contribution < -0.4 is 5.76 Å². The summed E-state index contributed by atoms with van der Waals surface area (Å²) in [4.78, 5) is 18.7. The Hall–Kier alpha value is -2.40. The van der Waals surface area contributed by atoms with E-state index >= 15 is 0 Å². The second-order valence-electron chi connectivity index (χ2n) is 5.66. The van der Waals surface area contributed by atoms with Gasteiger partial charge in [-0.1, -0.05) is 18.2 Å². The fourth-order valence-electron chi connectivity index (χ4n) is 3.28. The number of rotatable bonds is 3. The molecule has 0 spiro atoms. The van der Waals surface area contributed by atoms with Crippen LogP contribution in [0.15, 0.2) is 58.0 Å². The van der Waals surface area contributed by atoms with E-state index in [2.05, 4.69) is 16.0 Å². The number of fused-ring (bicyclic) bond motifs is 1. The van der Waals surface area contributed by atoms with Crippen molar-refractivity contribution in [3.05, 3.63) is 64.9 Å². The summed E-state index contributed by atoms with van der Waals surface area (Å²) in [6.45, 7) is 1.53. The average Bonchev–Trinajstić information content (AvgIpc) is 3.14. The summed E-state index contributed by atoms with van der Waals surface area (Å²) in [7, 11) is 0. The van der Waals surface area contributed by atoms with Crippen molar-refractivity contribution in [3.63, 3.8) is 0 Å². The van der Waals surface area contributed by atoms with Crippen LogP contribution in [0.2, 0.25) is 0 Å². The lowest BCUT2D eigenvalue weighted by atomic mass is 10.1. The lowest BCUT2D eigenvalue weighted by molar-refractivity contribution is 0.198. The van der Waals surface area contributed by atoms with Gasteiger partial charge in [-0.05, 0) is 36.6 Å². The van der Waals surface area contributed by atoms with E-state index in [1.165, 1.54) is 5.56 Å². The number of aromatic nitrogens is 2. The van der Waals surface area contributed by atoms with Gasteiger partial charge in [0.1, 0.15) is 0 Å². The zero-order chi connectivity index (χ0) is 14.9. The molecule has 22 heavy (non-hydrogen) atoms. The first kappa shape index (κ1) is 13.3. The third-order valence-corrected chi connectivity index (χ3v) is 4.33. The minimum atomic E-state index is -0.293. The zero-order valence-corrected chi connectivity index (χ0v) is 12.2. The molecule has 3 heterocycles. The summed E-state index contributed by atoms with van der Waals surface area (Å²) in [5, 5.41) is 0. The fourth-order valence-corrected chi connectivity index (χ4v) is 3.28. The van der Waals surface area contributed by atoms with Crippen molar-refractivity contribution < 1.29 is 4.42 Å². The number of pyridine rings is 1. The second-order valence-corrected chi connectivity index (χ2v) is 5.66. The molecule has 0 amide bonds. The highest BCUT2D eigenvalue weighted by Crippen LogP contribution is 2.31. The van der Waals surface area contributed by atoms with Crippen LogP contribution in [0.3, 0.4) is 0 Å². The van der Waals surface area contributed by atoms with Crippen molar-refractivity contribution in [1.82, 2.24) is 14.5 Å². The summed E-state index contributed by atoms with van der Waals surface area (Å²) in [5.41, 5.74) is 2.70. The minimum Gasteiger partial charge on any atom is -0.408 e. The minimum absolute atomic E-state index is 0.293. The smallest absolute Gasteiger partial charge is 0.408 e. The summed E-state index contributed by atoms with van der Waals surface area (Å²) >= 11 is 0. The van der Waals surface area contributed by atoms with Gasteiger partial charge >= 0.3 is 5.76 Å². The van der Waals surface area contributed by atoms with Gasteiger partial charge < -0.3 is 4.42 Å². The number of para-hydroxylation sites is 2. The molecule has 1 aliphatic rings. The Balaban J connectivity index is 1.67. The molecule has 1 fully saturated rings. The molecule has 1 atom stereocenters. The van der Waals surface area contributed by atoms with Crippen LogP contribution in [0, 0.1) is 0 Å². The quantitative estimate of drug-likeness (QED) is 0.745. The van der Waals surface area contributed by atoms with E-state index in [1.54, 1.807) is 10.8 Å². The third kappa shape index (κ3) is 2.23. The zero-order valence-electron chi connectivity index (χ0n) is 12.2. The van der Waals surface area contributed by atoms with Crippen LogP contribution in [-0.4, -0.2) is 21.0 Å². The van der Waals surface area contributed by atoms with E-state index in [0.29, 0.717) is 18.3 Å². The van der Waals surface area contributed by atoms with Crippen LogP contribution in [0.25, 0.3) is 11.1 Å². The first-order valence-electron chi connectivity index (χ1n) is 7.55. The van der Waals surface area contributed by atoms with Gasteiger partial charge in [0, 0.05) is 25.0 Å². The van der Waals surface area contributed by atoms with Gasteiger partial charge in [-0.25, -0.2) is 4.79 Å². The summed E-state index contributed by atoms with van der Waals surface area (Å²) < 4.78 is 7.03. The van der Waals surface area contributed by atoms with Crippen LogP contribution in [0.4, 0.5) is 0 Å². The van der Waals surface area contributed by atoms with E-state index in [4.69, 9.17) is 4.42 Å². The average molecular weight is 295 g/mol. The lowest BCUT2D eigenvalue weighted by Crippen LogP contribution is -2.30. The largest absolute Gasteiger partial charge is 0.421 e. The molecule has 0 saturated carbocycles. The number of likely N-dealkylation sites (tertiary alicyclic amines) is 1. The van der Waals surface area contributed by atoms with Gasteiger partial charge in [-0.2, -0.15) is 0 Å². The lowest BCUT2D eigenvalue weighted by Gasteiger charge is -2.24. The molecule has 0 aliphatic carbocycles. The molecule has 112 valence electrons. The van der Waals surface area contributed by atoms with Crippen LogP contribution in [0.5, 0.6) is 0 Å². The van der Waals surface area contributed by atoms with E-state index in [9.17, 15) is 4.79 Å². The maximum atomic E-state index is 12.1. The molecule has 0 radical (unpaired) electrons. The maximum absolute atomic E-state index is 12.1. The van der Waals surface area contributed by atoms with Crippen molar-refractivity contribution in [1.29, 1.82) is 0 Å². The van der Waals surface area contributed by atoms with Gasteiger partial charge in [0.15, 0.2) is 5.58 Å². The highest BCUT2D eigenvalue weighted by molar-refractivity contribution is 5.72. The molecule has 1 aliphatic heterocycles. The molecule has 0 N–H and O–H groups in total. The number of nitrogens with zero attached hydrogens (tertiary/aromatic N) is 3. The number of hydrogen-bond donors (Lipinski definition) is 0. The monoisotopic (exact) mass is 295 g/mol. The van der Waals surface area contributed by atoms with Gasteiger partial charge in [-0.15, -0.1) is 0 Å². The molecule has 4 rings (SSSR count). The second kappa shape index (κ2) is 5.42. The van der Waals surface area contributed by atoms with Crippen molar-refractivity contribution in [2.75, 3.05) is 6.54 Å². The predicted octanol–water partition coefficient (Wildman–Crippen LogP) is 2.78. The van der Waals surface area contributed by atoms with Gasteiger partial charge in [0.25, 0.3) is 0 Å². The molecular weight excluding hydrogens is 278 g/mol. The van der Waals surface area contributed by atoms with Crippen LogP contribution in [0.1, 0.15) is 24.4 Å². The highest BCUT2D eigenvalue weighted by Gasteiger charge is 2.27. The molecule has 0 bridgehead atoms. The molecule has 1 aromatic carbocycles. The molecule has 5 nitrogen and oxygen atoms in total. The van der Waals surface area contributed by atoms with Gasteiger partial charge in [0.2, 0.25) is 0 Å². The molecule has 5 heteroatoms. The van der Waals surface area contributed by atoms with Crippen molar-refractivity contribution in [2.45, 2.75) is 25.6 Å². The normalized spacial score (nSPS) is 19.0. The predicted molar refractivity (Wildman–Crippen MR) is 83.4 cm³/mol. The van der Waals surface area contributed by atoms with E-state index in [-0.39, 0.29) is 5.76 Å². The number of benzene rings is 1. The Bertz CT molecular complexity index is 838. The number of hydrogen-bond acceptors (Lipinski definition) is 4. The molecule has 2 aromatic heterocycles. The van der Waals surface area contributed by atoms with Gasteiger partial charge in [-0.3, -0.25) is 14.5 Å². The Morgan fingerprint density at radius 1 is 1.23 bits per heavy atom. The Labute approximate surface area is 127 Å². The Morgan fingerprint density at radius 2 is 2.14 bits per heavy atom. The highest BCUT2D eigenvalue weighted by atomic mass is 16.4. The van der Waals surface area contributed by atoms with Crippen molar-refractivity contribution in [2.24, 2.45) is 0 Å². The Morgan fingerprint density at radius 3 is 3.00 bits per heavy atom. The molecule has 0 unspecified atom stereocenters. The van der Waals surface area contributed by atoms with Crippen LogP contribution >= 0.6 is 0 Å². The van der Waals surface area contributed by atoms with Gasteiger partial charge in [0.05, 0.1) is 12.2 Å². The topological polar surface area (TPSA) is 51.3 Å². The van der Waals surface area contributed by atoms with Crippen molar-refractivity contribution >= 4 is 11.1 Å². The van der Waals surface area contributed by atoms with Crippen molar-refractivity contribution in [3.8, 4) is 0 Å². The summed E-state index contributed by atoms with van der Waals surface area (Å²) in [6.07, 6.45) is 5.93. The fraction of sp³-hybridized carbons (Fsp3) is 0.294. The van der Waals surface area contributed by atoms with E-state index in [1.807, 2.05) is 36.5 Å². The summed E-state index contributed by atoms with van der Waals surface area (Å²) in [6, 6.07) is 11.9. The SMILES string of the molecule is O=c1oc2ccccc2n1CN1CCC[C@H]1c1cccnc1. The van der Waals surface area contributed by atoms with E-state index in [0.717, 1.165) is 24.9 Å². The number of oxazole rings is 1. The maximum Gasteiger partial charge on any atom is 0.421 e.